The Bertz CT molecular complexity index is 729. The average molecular weight is 348 g/mol. The topological polar surface area (TPSA) is 47.6 Å². The summed E-state index contributed by atoms with van der Waals surface area (Å²) in [4.78, 5) is 12.1. The fourth-order valence-electron chi connectivity index (χ4n) is 2.29. The van der Waals surface area contributed by atoms with E-state index in [0.29, 0.717) is 22.2 Å². The lowest BCUT2D eigenvalue weighted by Gasteiger charge is -2.16. The maximum absolute atomic E-state index is 12.1. The van der Waals surface area contributed by atoms with Gasteiger partial charge in [-0.3, -0.25) is 4.79 Å². The third-order valence-electron chi connectivity index (χ3n) is 3.63. The number of amides is 1. The summed E-state index contributed by atoms with van der Waals surface area (Å²) in [7, 11) is 1.58. The predicted octanol–water partition coefficient (Wildman–Crippen LogP) is 4.80. The van der Waals surface area contributed by atoms with Gasteiger partial charge in [0.2, 0.25) is 0 Å². The first-order chi connectivity index (χ1) is 11.4. The second-order valence-electron chi connectivity index (χ2n) is 5.86. The first-order valence-corrected chi connectivity index (χ1v) is 8.15. The van der Waals surface area contributed by atoms with E-state index >= 15 is 0 Å². The molecule has 0 aliphatic rings. The molecule has 24 heavy (non-hydrogen) atoms. The molecule has 0 spiro atoms. The van der Waals surface area contributed by atoms with E-state index in [9.17, 15) is 4.79 Å². The second-order valence-corrected chi connectivity index (χ2v) is 6.27. The fraction of sp³-hybridized carbons (Fsp3) is 0.316. The summed E-state index contributed by atoms with van der Waals surface area (Å²) in [6.45, 7) is 5.96. The second kappa shape index (κ2) is 8.06. The minimum Gasteiger partial charge on any atom is -0.497 e. The lowest BCUT2D eigenvalue weighted by Crippen LogP contribution is -2.20. The largest absolute Gasteiger partial charge is 0.497 e. The minimum atomic E-state index is -0.231. The molecule has 1 N–H and O–H groups in total. The van der Waals surface area contributed by atoms with Crippen molar-refractivity contribution in [1.29, 1.82) is 0 Å². The maximum atomic E-state index is 12.1. The zero-order chi connectivity index (χ0) is 17.7. The Balaban J connectivity index is 2.04. The molecule has 0 unspecified atom stereocenters. The van der Waals surface area contributed by atoms with Crippen LogP contribution in [0, 0.1) is 6.92 Å². The molecule has 0 saturated heterocycles. The highest BCUT2D eigenvalue weighted by atomic mass is 35.5. The van der Waals surface area contributed by atoms with Gasteiger partial charge in [-0.1, -0.05) is 31.5 Å². The molecule has 0 heterocycles. The number of hydrogen-bond donors (Lipinski definition) is 1. The van der Waals surface area contributed by atoms with Crippen molar-refractivity contribution in [2.45, 2.75) is 26.7 Å². The number of aryl methyl sites for hydroxylation is 1. The number of methoxy groups -OCH3 is 1. The van der Waals surface area contributed by atoms with Gasteiger partial charge < -0.3 is 14.8 Å². The third-order valence-corrected chi connectivity index (χ3v) is 4.03. The molecule has 0 atom stereocenters. The molecule has 2 rings (SSSR count). The summed E-state index contributed by atoms with van der Waals surface area (Å²) in [6, 6.07) is 11.0. The summed E-state index contributed by atoms with van der Waals surface area (Å²) in [5, 5.41) is 3.49. The lowest BCUT2D eigenvalue weighted by atomic mass is 10.0. The van der Waals surface area contributed by atoms with Gasteiger partial charge in [0.05, 0.1) is 7.11 Å². The molecule has 2 aromatic carbocycles. The average Bonchev–Trinajstić information content (AvgIpc) is 2.55. The molecule has 0 aliphatic heterocycles. The molecule has 2 aromatic rings. The zero-order valence-electron chi connectivity index (χ0n) is 14.4. The third kappa shape index (κ3) is 4.65. The molecule has 1 amide bonds. The molecule has 0 radical (unpaired) electrons. The highest BCUT2D eigenvalue weighted by molar-refractivity contribution is 6.31. The van der Waals surface area contributed by atoms with E-state index in [0.717, 1.165) is 11.1 Å². The van der Waals surface area contributed by atoms with Crippen molar-refractivity contribution in [2.24, 2.45) is 0 Å². The number of ether oxygens (including phenoxy) is 2. The van der Waals surface area contributed by atoms with Gasteiger partial charge in [-0.05, 0) is 48.2 Å². The van der Waals surface area contributed by atoms with E-state index in [4.69, 9.17) is 21.1 Å². The van der Waals surface area contributed by atoms with Gasteiger partial charge in [-0.2, -0.15) is 0 Å². The molecule has 5 heteroatoms. The first kappa shape index (κ1) is 18.1. The fourth-order valence-corrected chi connectivity index (χ4v) is 2.46. The quantitative estimate of drug-likeness (QED) is 0.816. The number of nitrogens with one attached hydrogen (secondary N) is 1. The molecule has 4 nitrogen and oxygen atoms in total. The molecule has 128 valence electrons. The van der Waals surface area contributed by atoms with Gasteiger partial charge in [0.1, 0.15) is 11.5 Å². The Morgan fingerprint density at radius 3 is 2.67 bits per heavy atom. The Hall–Kier alpha value is -2.20. The Kier molecular flexibility index (Phi) is 6.10. The van der Waals surface area contributed by atoms with Crippen LogP contribution in [-0.4, -0.2) is 19.6 Å². The Morgan fingerprint density at radius 1 is 1.25 bits per heavy atom. The monoisotopic (exact) mass is 347 g/mol. The summed E-state index contributed by atoms with van der Waals surface area (Å²) < 4.78 is 10.9. The highest BCUT2D eigenvalue weighted by Crippen LogP contribution is 2.32. The first-order valence-electron chi connectivity index (χ1n) is 7.77. The van der Waals surface area contributed by atoms with E-state index in [2.05, 4.69) is 19.2 Å². The number of halogens is 1. The van der Waals surface area contributed by atoms with Crippen molar-refractivity contribution in [2.75, 3.05) is 19.0 Å². The number of benzene rings is 2. The van der Waals surface area contributed by atoms with Crippen molar-refractivity contribution in [1.82, 2.24) is 0 Å². The molecular weight excluding hydrogens is 326 g/mol. The predicted molar refractivity (Wildman–Crippen MR) is 97.4 cm³/mol. The van der Waals surface area contributed by atoms with Crippen LogP contribution in [0.2, 0.25) is 5.02 Å². The van der Waals surface area contributed by atoms with Crippen molar-refractivity contribution < 1.29 is 14.3 Å². The molecule has 0 saturated carbocycles. The summed E-state index contributed by atoms with van der Waals surface area (Å²) in [5.74, 6) is 1.39. The highest BCUT2D eigenvalue weighted by Gasteiger charge is 2.13. The molecule has 0 bridgehead atoms. The van der Waals surface area contributed by atoms with Crippen LogP contribution in [0.15, 0.2) is 36.4 Å². The van der Waals surface area contributed by atoms with E-state index in [-0.39, 0.29) is 18.4 Å². The van der Waals surface area contributed by atoms with E-state index in [1.54, 1.807) is 19.2 Å². The van der Waals surface area contributed by atoms with Crippen molar-refractivity contribution in [3.8, 4) is 11.5 Å². The number of rotatable bonds is 6. The van der Waals surface area contributed by atoms with Crippen LogP contribution in [0.25, 0.3) is 0 Å². The van der Waals surface area contributed by atoms with Gasteiger partial charge in [-0.15, -0.1) is 0 Å². The zero-order valence-corrected chi connectivity index (χ0v) is 15.1. The standard InChI is InChI=1S/C19H22ClNO3/c1-12(2)16-10-17(20)13(3)8-18(16)24-11-19(22)21-14-6-5-7-15(9-14)23-4/h5-10,12H,11H2,1-4H3,(H,21,22). The summed E-state index contributed by atoms with van der Waals surface area (Å²) >= 11 is 6.18. The number of carbonyl (C=O) groups excluding carboxylic acids is 1. The smallest absolute Gasteiger partial charge is 0.262 e. The maximum Gasteiger partial charge on any atom is 0.262 e. The van der Waals surface area contributed by atoms with Gasteiger partial charge >= 0.3 is 0 Å². The van der Waals surface area contributed by atoms with E-state index in [1.807, 2.05) is 31.2 Å². The van der Waals surface area contributed by atoms with Crippen LogP contribution in [0.4, 0.5) is 5.69 Å². The van der Waals surface area contributed by atoms with E-state index < -0.39 is 0 Å². The van der Waals surface area contributed by atoms with Crippen LogP contribution in [0.1, 0.15) is 30.9 Å². The summed E-state index contributed by atoms with van der Waals surface area (Å²) in [5.41, 5.74) is 2.57. The Labute approximate surface area is 147 Å². The van der Waals surface area contributed by atoms with Crippen LogP contribution >= 0.6 is 11.6 Å². The lowest BCUT2D eigenvalue weighted by molar-refractivity contribution is -0.118. The van der Waals surface area contributed by atoms with Crippen LogP contribution < -0.4 is 14.8 Å². The van der Waals surface area contributed by atoms with Crippen LogP contribution in [0.5, 0.6) is 11.5 Å². The minimum absolute atomic E-state index is 0.0714. The molecule has 0 fully saturated rings. The number of hydrogen-bond acceptors (Lipinski definition) is 3. The normalized spacial score (nSPS) is 10.6. The van der Waals surface area contributed by atoms with Gasteiger partial charge in [0.15, 0.2) is 6.61 Å². The van der Waals surface area contributed by atoms with Gasteiger partial charge in [0, 0.05) is 16.8 Å². The van der Waals surface area contributed by atoms with Crippen molar-refractivity contribution in [3.63, 3.8) is 0 Å². The summed E-state index contributed by atoms with van der Waals surface area (Å²) in [6.07, 6.45) is 0. The van der Waals surface area contributed by atoms with Crippen LogP contribution in [0.3, 0.4) is 0 Å². The number of carbonyl (C=O) groups is 1. The number of anilines is 1. The van der Waals surface area contributed by atoms with Crippen LogP contribution in [-0.2, 0) is 4.79 Å². The van der Waals surface area contributed by atoms with Gasteiger partial charge in [0.25, 0.3) is 5.91 Å². The SMILES string of the molecule is COc1cccc(NC(=O)COc2cc(C)c(Cl)cc2C(C)C)c1. The van der Waals surface area contributed by atoms with Crippen molar-refractivity contribution >= 4 is 23.2 Å². The van der Waals surface area contributed by atoms with Gasteiger partial charge in [-0.25, -0.2) is 0 Å². The Morgan fingerprint density at radius 2 is 2.00 bits per heavy atom. The molecule has 0 aliphatic carbocycles. The van der Waals surface area contributed by atoms with Crippen molar-refractivity contribution in [3.05, 3.63) is 52.5 Å². The van der Waals surface area contributed by atoms with E-state index in [1.165, 1.54) is 0 Å². The molecule has 0 aromatic heterocycles. The molecular formula is C19H22ClNO3.